The maximum Gasteiger partial charge on any atom is 0.266 e. The Balaban J connectivity index is 1.34. The summed E-state index contributed by atoms with van der Waals surface area (Å²) in [5, 5.41) is 5.98. The molecule has 10 nitrogen and oxygen atoms in total. The van der Waals surface area contributed by atoms with Crippen molar-refractivity contribution in [3.05, 3.63) is 64.4 Å². The molecule has 0 atom stereocenters. The number of nitrogens with zero attached hydrogens (tertiary/aromatic N) is 3. The molecule has 2 N–H and O–H groups in total. The fraction of sp³-hybridized carbons (Fsp3) is 0.182. The van der Waals surface area contributed by atoms with E-state index in [1.165, 1.54) is 22.3 Å². The van der Waals surface area contributed by atoms with Gasteiger partial charge in [0.15, 0.2) is 28.1 Å². The van der Waals surface area contributed by atoms with Gasteiger partial charge in [-0.1, -0.05) is 23.9 Å². The highest BCUT2D eigenvalue weighted by molar-refractivity contribution is 7.99. The second kappa shape index (κ2) is 8.87. The molecule has 3 heterocycles. The fourth-order valence-corrected chi connectivity index (χ4v) is 4.09. The molecular formula is C22H19N5O5S. The van der Waals surface area contributed by atoms with Crippen LogP contribution in [0.1, 0.15) is 5.56 Å². The van der Waals surface area contributed by atoms with Gasteiger partial charge in [-0.25, -0.2) is 14.5 Å². The summed E-state index contributed by atoms with van der Waals surface area (Å²) in [6, 6.07) is 14.3. The summed E-state index contributed by atoms with van der Waals surface area (Å²) in [6.07, 6.45) is 0. The molecule has 168 valence electrons. The van der Waals surface area contributed by atoms with E-state index in [2.05, 4.69) is 20.4 Å². The number of methoxy groups -OCH3 is 1. The van der Waals surface area contributed by atoms with Crippen LogP contribution in [0.3, 0.4) is 0 Å². The Kier molecular flexibility index (Phi) is 5.61. The van der Waals surface area contributed by atoms with Crippen LogP contribution in [0.5, 0.6) is 17.2 Å². The van der Waals surface area contributed by atoms with E-state index in [9.17, 15) is 9.59 Å². The number of hydrogen-bond acceptors (Lipinski definition) is 8. The van der Waals surface area contributed by atoms with Crippen molar-refractivity contribution < 1.29 is 19.0 Å². The van der Waals surface area contributed by atoms with Crippen LogP contribution in [0, 0.1) is 0 Å². The van der Waals surface area contributed by atoms with Crippen molar-refractivity contribution in [3.63, 3.8) is 0 Å². The third-order valence-electron chi connectivity index (χ3n) is 4.91. The van der Waals surface area contributed by atoms with Crippen molar-refractivity contribution in [3.8, 4) is 28.6 Å². The van der Waals surface area contributed by atoms with E-state index in [4.69, 9.17) is 14.2 Å². The SMILES string of the molecule is COc1cccc(CNC(=O)CSc2nc(-c3ccc4c(c3)OCO4)nc3cc(=O)[nH]n23)c1. The molecule has 0 spiro atoms. The summed E-state index contributed by atoms with van der Waals surface area (Å²) in [7, 11) is 1.60. The van der Waals surface area contributed by atoms with Crippen molar-refractivity contribution in [2.24, 2.45) is 0 Å². The Morgan fingerprint density at radius 1 is 1.18 bits per heavy atom. The molecular weight excluding hydrogens is 446 g/mol. The lowest BCUT2D eigenvalue weighted by atomic mass is 10.2. The van der Waals surface area contributed by atoms with Gasteiger partial charge in [0.25, 0.3) is 5.56 Å². The van der Waals surface area contributed by atoms with Gasteiger partial charge in [-0.05, 0) is 35.9 Å². The predicted molar refractivity (Wildman–Crippen MR) is 121 cm³/mol. The van der Waals surface area contributed by atoms with Gasteiger partial charge in [0.2, 0.25) is 12.7 Å². The Labute approximate surface area is 191 Å². The molecule has 0 saturated carbocycles. The van der Waals surface area contributed by atoms with Gasteiger partial charge >= 0.3 is 0 Å². The summed E-state index contributed by atoms with van der Waals surface area (Å²) in [6.45, 7) is 0.538. The van der Waals surface area contributed by atoms with Crippen LogP contribution in [0.15, 0.2) is 58.5 Å². The number of benzene rings is 2. The molecule has 2 aromatic carbocycles. The lowest BCUT2D eigenvalue weighted by Gasteiger charge is -2.09. The molecule has 33 heavy (non-hydrogen) atoms. The van der Waals surface area contributed by atoms with Crippen molar-refractivity contribution >= 4 is 23.3 Å². The van der Waals surface area contributed by atoms with Gasteiger partial charge in [-0.15, -0.1) is 0 Å². The van der Waals surface area contributed by atoms with Crippen LogP contribution in [-0.4, -0.2) is 45.1 Å². The monoisotopic (exact) mass is 465 g/mol. The van der Waals surface area contributed by atoms with E-state index in [0.29, 0.717) is 40.2 Å². The zero-order valence-electron chi connectivity index (χ0n) is 17.5. The van der Waals surface area contributed by atoms with E-state index < -0.39 is 0 Å². The zero-order valence-corrected chi connectivity index (χ0v) is 18.3. The molecule has 0 radical (unpaired) electrons. The van der Waals surface area contributed by atoms with E-state index >= 15 is 0 Å². The van der Waals surface area contributed by atoms with Crippen molar-refractivity contribution in [1.82, 2.24) is 24.9 Å². The number of aromatic nitrogens is 4. The molecule has 5 rings (SSSR count). The number of aromatic amines is 1. The first-order chi connectivity index (χ1) is 16.1. The number of carbonyl (C=O) groups is 1. The lowest BCUT2D eigenvalue weighted by Crippen LogP contribution is -2.24. The number of H-pyrrole nitrogens is 1. The van der Waals surface area contributed by atoms with E-state index in [1.54, 1.807) is 19.2 Å². The predicted octanol–water partition coefficient (Wildman–Crippen LogP) is 2.23. The smallest absolute Gasteiger partial charge is 0.266 e. The number of amides is 1. The number of hydrogen-bond donors (Lipinski definition) is 2. The zero-order chi connectivity index (χ0) is 22.8. The molecule has 2 aromatic heterocycles. The number of ether oxygens (including phenoxy) is 3. The lowest BCUT2D eigenvalue weighted by molar-refractivity contribution is -0.118. The van der Waals surface area contributed by atoms with Crippen LogP contribution in [0.2, 0.25) is 0 Å². The number of rotatable bonds is 7. The molecule has 1 aliphatic heterocycles. The second-order valence-electron chi connectivity index (χ2n) is 7.13. The van der Waals surface area contributed by atoms with Gasteiger partial charge in [-0.2, -0.15) is 0 Å². The molecule has 1 aliphatic rings. The van der Waals surface area contributed by atoms with Gasteiger partial charge < -0.3 is 19.5 Å². The Bertz CT molecular complexity index is 1400. The second-order valence-corrected chi connectivity index (χ2v) is 8.07. The minimum Gasteiger partial charge on any atom is -0.497 e. The minimum absolute atomic E-state index is 0.108. The van der Waals surface area contributed by atoms with E-state index in [0.717, 1.165) is 11.3 Å². The molecule has 4 aromatic rings. The first-order valence-corrected chi connectivity index (χ1v) is 11.0. The first kappa shape index (κ1) is 20.9. The van der Waals surface area contributed by atoms with E-state index in [-0.39, 0.29) is 24.0 Å². The number of fused-ring (bicyclic) bond motifs is 2. The first-order valence-electron chi connectivity index (χ1n) is 10.0. The Hall–Kier alpha value is -3.99. The number of carbonyl (C=O) groups excluding carboxylic acids is 1. The van der Waals surface area contributed by atoms with Crippen molar-refractivity contribution in [2.75, 3.05) is 19.7 Å². The third kappa shape index (κ3) is 4.48. The molecule has 0 bridgehead atoms. The van der Waals surface area contributed by atoms with Gasteiger partial charge in [0, 0.05) is 18.2 Å². The molecule has 0 unspecified atom stereocenters. The summed E-state index contributed by atoms with van der Waals surface area (Å²) in [5.41, 5.74) is 1.73. The van der Waals surface area contributed by atoms with Crippen LogP contribution in [0.25, 0.3) is 17.0 Å². The van der Waals surface area contributed by atoms with Crippen molar-refractivity contribution in [2.45, 2.75) is 11.7 Å². The Morgan fingerprint density at radius 3 is 2.94 bits per heavy atom. The molecule has 0 aliphatic carbocycles. The summed E-state index contributed by atoms with van der Waals surface area (Å²) < 4.78 is 17.5. The van der Waals surface area contributed by atoms with Gasteiger partial charge in [0.05, 0.1) is 12.9 Å². The van der Waals surface area contributed by atoms with Crippen LogP contribution in [0.4, 0.5) is 0 Å². The summed E-state index contributed by atoms with van der Waals surface area (Å²) >= 11 is 1.20. The highest BCUT2D eigenvalue weighted by atomic mass is 32.2. The molecule has 0 saturated heterocycles. The fourth-order valence-electron chi connectivity index (χ4n) is 3.31. The quantitative estimate of drug-likeness (QED) is 0.399. The highest BCUT2D eigenvalue weighted by Crippen LogP contribution is 2.35. The average molecular weight is 465 g/mol. The normalized spacial score (nSPS) is 12.2. The number of thioether (sulfide) groups is 1. The maximum absolute atomic E-state index is 12.5. The summed E-state index contributed by atoms with van der Waals surface area (Å²) in [4.78, 5) is 33.4. The topological polar surface area (TPSA) is 120 Å². The molecule has 1 amide bonds. The molecule has 11 heteroatoms. The maximum atomic E-state index is 12.5. The van der Waals surface area contributed by atoms with Crippen LogP contribution < -0.4 is 25.1 Å². The largest absolute Gasteiger partial charge is 0.497 e. The van der Waals surface area contributed by atoms with Gasteiger partial charge in [-0.3, -0.25) is 14.7 Å². The minimum atomic E-state index is -0.309. The van der Waals surface area contributed by atoms with Crippen LogP contribution in [-0.2, 0) is 11.3 Å². The Morgan fingerprint density at radius 2 is 2.06 bits per heavy atom. The number of nitrogens with one attached hydrogen (secondary N) is 2. The van der Waals surface area contributed by atoms with E-state index in [1.807, 2.05) is 30.3 Å². The standard InChI is InChI=1S/C22H19N5O5S/c1-30-15-4-2-3-13(7-15)10-23-20(29)11-33-22-25-21(24-18-9-19(28)26-27(18)22)14-5-6-16-17(8-14)32-12-31-16/h2-9H,10-12H2,1H3,(H,23,29)(H,26,28). The highest BCUT2D eigenvalue weighted by Gasteiger charge is 2.17. The van der Waals surface area contributed by atoms with Gasteiger partial charge in [0.1, 0.15) is 5.75 Å². The molecule has 0 fully saturated rings. The average Bonchev–Trinajstić information content (AvgIpc) is 3.46. The third-order valence-corrected chi connectivity index (χ3v) is 5.85. The van der Waals surface area contributed by atoms with Crippen molar-refractivity contribution in [1.29, 1.82) is 0 Å². The van der Waals surface area contributed by atoms with Crippen LogP contribution >= 0.6 is 11.8 Å². The summed E-state index contributed by atoms with van der Waals surface area (Å²) in [5.74, 6) is 2.33.